The first-order chi connectivity index (χ1) is 19.1. The molecule has 3 heterocycles. The predicted octanol–water partition coefficient (Wildman–Crippen LogP) is 4.99. The van der Waals surface area contributed by atoms with Gasteiger partial charge in [-0.1, -0.05) is 24.3 Å². The number of anilines is 1. The van der Waals surface area contributed by atoms with E-state index in [1.807, 2.05) is 42.3 Å². The minimum Gasteiger partial charge on any atom is -0.491 e. The molecular formula is C28H30F3N5O3S. The third kappa shape index (κ3) is 6.13. The number of alkyl halides is 3. The van der Waals surface area contributed by atoms with Crippen LogP contribution in [0, 0.1) is 0 Å². The van der Waals surface area contributed by atoms with Crippen molar-refractivity contribution in [2.24, 2.45) is 0 Å². The van der Waals surface area contributed by atoms with E-state index in [-0.39, 0.29) is 17.0 Å². The number of methoxy groups -OCH3 is 2. The molecule has 0 radical (unpaired) electrons. The van der Waals surface area contributed by atoms with Crippen molar-refractivity contribution in [2.45, 2.75) is 50.2 Å². The van der Waals surface area contributed by atoms with Crippen LogP contribution in [0.3, 0.4) is 0 Å². The van der Waals surface area contributed by atoms with Gasteiger partial charge in [-0.15, -0.1) is 11.3 Å². The number of nitrogens with one attached hydrogen (secondary N) is 1. The molecule has 0 saturated heterocycles. The molecule has 40 heavy (non-hydrogen) atoms. The molecule has 0 bridgehead atoms. The number of fused-ring (bicyclic) bond motifs is 1. The van der Waals surface area contributed by atoms with Gasteiger partial charge in [0, 0.05) is 36.3 Å². The van der Waals surface area contributed by atoms with E-state index in [1.54, 1.807) is 20.4 Å². The summed E-state index contributed by atoms with van der Waals surface area (Å²) in [6.07, 6.45) is -1.58. The zero-order valence-electron chi connectivity index (χ0n) is 22.3. The van der Waals surface area contributed by atoms with Gasteiger partial charge in [-0.2, -0.15) is 13.2 Å². The number of halogens is 3. The SMILES string of the molecule is COc1cc(-c2ccc(CN[C@H]3C[C@@H](O)[C@@H](N(C)c4ncnc5sc(CC(F)(F)F)cc45)C3)cc2)cnc1OC. The molecule has 5 rings (SSSR count). The average Bonchev–Trinajstić information content (AvgIpc) is 3.52. The Balaban J connectivity index is 1.22. The Hall–Kier alpha value is -3.48. The van der Waals surface area contributed by atoms with Crippen molar-refractivity contribution in [3.63, 3.8) is 0 Å². The highest BCUT2D eigenvalue weighted by Gasteiger charge is 2.37. The van der Waals surface area contributed by atoms with Crippen LogP contribution in [0.25, 0.3) is 21.3 Å². The lowest BCUT2D eigenvalue weighted by Gasteiger charge is -2.28. The number of aliphatic hydroxyl groups is 1. The number of thiophene rings is 1. The van der Waals surface area contributed by atoms with Crippen LogP contribution in [0.2, 0.25) is 0 Å². The standard InChI is InChI=1S/C28H30F3N5O3S/c1-36(25-21-11-20(12-28(29,30)31)40-27(21)35-15-34-25)22-9-19(10-23(22)37)32-13-16-4-6-17(7-5-16)18-8-24(38-2)26(39-3)33-14-18/h4-8,11,14-15,19,22-23,32,37H,9-10,12-13H2,1-3H3/t19-,22+,23-/m1/s1. The molecule has 1 aromatic carbocycles. The maximum atomic E-state index is 12.9. The molecule has 212 valence electrons. The summed E-state index contributed by atoms with van der Waals surface area (Å²) in [5, 5.41) is 15.0. The van der Waals surface area contributed by atoms with Gasteiger partial charge in [-0.25, -0.2) is 15.0 Å². The predicted molar refractivity (Wildman–Crippen MR) is 148 cm³/mol. The van der Waals surface area contributed by atoms with Gasteiger partial charge in [0.25, 0.3) is 5.88 Å². The van der Waals surface area contributed by atoms with E-state index in [2.05, 4.69) is 20.3 Å². The molecule has 1 aliphatic rings. The molecule has 1 aliphatic carbocycles. The molecule has 1 saturated carbocycles. The van der Waals surface area contributed by atoms with Crippen molar-refractivity contribution < 1.29 is 27.8 Å². The molecule has 3 aromatic heterocycles. The summed E-state index contributed by atoms with van der Waals surface area (Å²) in [6.45, 7) is 0.626. The fraction of sp³-hybridized carbons (Fsp3) is 0.393. The van der Waals surface area contributed by atoms with Crippen LogP contribution in [-0.4, -0.2) is 65.7 Å². The summed E-state index contributed by atoms with van der Waals surface area (Å²) in [6, 6.07) is 11.4. The maximum absolute atomic E-state index is 12.9. The second-order valence-corrected chi connectivity index (χ2v) is 11.0. The van der Waals surface area contributed by atoms with E-state index in [9.17, 15) is 18.3 Å². The Kier molecular flexibility index (Phi) is 8.11. The van der Waals surface area contributed by atoms with Gasteiger partial charge in [-0.3, -0.25) is 0 Å². The number of pyridine rings is 1. The van der Waals surface area contributed by atoms with Crippen molar-refractivity contribution in [2.75, 3.05) is 26.2 Å². The van der Waals surface area contributed by atoms with Crippen LogP contribution in [0.5, 0.6) is 11.6 Å². The van der Waals surface area contributed by atoms with Gasteiger partial charge < -0.3 is 24.8 Å². The van der Waals surface area contributed by atoms with Gasteiger partial charge >= 0.3 is 6.18 Å². The highest BCUT2D eigenvalue weighted by molar-refractivity contribution is 7.18. The van der Waals surface area contributed by atoms with E-state index in [0.29, 0.717) is 47.1 Å². The van der Waals surface area contributed by atoms with Crippen molar-refractivity contribution in [1.29, 1.82) is 0 Å². The summed E-state index contributed by atoms with van der Waals surface area (Å²) in [7, 11) is 4.94. The summed E-state index contributed by atoms with van der Waals surface area (Å²) < 4.78 is 49.3. The van der Waals surface area contributed by atoms with Crippen LogP contribution in [0.15, 0.2) is 48.9 Å². The summed E-state index contributed by atoms with van der Waals surface area (Å²) in [5.41, 5.74) is 3.01. The van der Waals surface area contributed by atoms with Crippen LogP contribution in [0.4, 0.5) is 19.0 Å². The van der Waals surface area contributed by atoms with E-state index in [0.717, 1.165) is 28.0 Å². The summed E-state index contributed by atoms with van der Waals surface area (Å²) in [4.78, 5) is 15.4. The number of benzene rings is 1. The second kappa shape index (κ2) is 11.6. The Bertz CT molecular complexity index is 1460. The normalized spacial score (nSPS) is 19.2. The Morgan fingerprint density at radius 1 is 1.05 bits per heavy atom. The Morgan fingerprint density at radius 2 is 1.82 bits per heavy atom. The van der Waals surface area contributed by atoms with Crippen LogP contribution < -0.4 is 19.7 Å². The van der Waals surface area contributed by atoms with Crippen molar-refractivity contribution in [3.05, 3.63) is 59.4 Å². The molecule has 12 heteroatoms. The Labute approximate surface area is 233 Å². The van der Waals surface area contributed by atoms with Gasteiger partial charge in [0.1, 0.15) is 17.0 Å². The molecule has 1 fully saturated rings. The monoisotopic (exact) mass is 573 g/mol. The van der Waals surface area contributed by atoms with Crippen molar-refractivity contribution in [1.82, 2.24) is 20.3 Å². The molecule has 0 spiro atoms. The van der Waals surface area contributed by atoms with Gasteiger partial charge in [0.05, 0.1) is 38.2 Å². The van der Waals surface area contributed by atoms with Crippen LogP contribution >= 0.6 is 11.3 Å². The van der Waals surface area contributed by atoms with E-state index in [1.165, 1.54) is 12.4 Å². The third-order valence-electron chi connectivity index (χ3n) is 7.18. The lowest BCUT2D eigenvalue weighted by Crippen LogP contribution is -2.38. The molecule has 2 N–H and O–H groups in total. The summed E-state index contributed by atoms with van der Waals surface area (Å²) in [5.74, 6) is 1.52. The number of rotatable bonds is 9. The minimum atomic E-state index is -4.29. The zero-order chi connectivity index (χ0) is 28.4. The third-order valence-corrected chi connectivity index (χ3v) is 8.22. The fourth-order valence-electron chi connectivity index (χ4n) is 5.16. The molecule has 0 aliphatic heterocycles. The molecule has 8 nitrogen and oxygen atoms in total. The number of hydrogen-bond acceptors (Lipinski definition) is 9. The smallest absolute Gasteiger partial charge is 0.393 e. The van der Waals surface area contributed by atoms with Crippen LogP contribution in [0.1, 0.15) is 23.3 Å². The quantitative estimate of drug-likeness (QED) is 0.289. The highest BCUT2D eigenvalue weighted by atomic mass is 32.1. The lowest BCUT2D eigenvalue weighted by atomic mass is 10.1. The number of aliphatic hydroxyl groups excluding tert-OH is 1. The number of likely N-dealkylation sites (N-methyl/N-ethyl adjacent to an activating group) is 1. The zero-order valence-corrected chi connectivity index (χ0v) is 23.1. The first kappa shape index (κ1) is 28.1. The van der Waals surface area contributed by atoms with E-state index < -0.39 is 18.7 Å². The molecular weight excluding hydrogens is 543 g/mol. The Morgan fingerprint density at radius 3 is 2.52 bits per heavy atom. The fourth-order valence-corrected chi connectivity index (χ4v) is 6.18. The average molecular weight is 574 g/mol. The molecule has 0 unspecified atom stereocenters. The van der Waals surface area contributed by atoms with E-state index in [4.69, 9.17) is 9.47 Å². The number of nitrogens with zero attached hydrogens (tertiary/aromatic N) is 4. The number of ether oxygens (including phenoxy) is 2. The first-order valence-electron chi connectivity index (χ1n) is 12.8. The van der Waals surface area contributed by atoms with Crippen molar-refractivity contribution in [3.8, 4) is 22.8 Å². The van der Waals surface area contributed by atoms with Gasteiger partial charge in [0.15, 0.2) is 5.75 Å². The first-order valence-corrected chi connectivity index (χ1v) is 13.6. The minimum absolute atomic E-state index is 0.0674. The lowest BCUT2D eigenvalue weighted by molar-refractivity contribution is -0.126. The number of aromatic nitrogens is 3. The van der Waals surface area contributed by atoms with Gasteiger partial charge in [-0.05, 0) is 36.1 Å². The molecule has 0 amide bonds. The highest BCUT2D eigenvalue weighted by Crippen LogP contribution is 2.36. The largest absolute Gasteiger partial charge is 0.491 e. The number of hydrogen-bond donors (Lipinski definition) is 2. The van der Waals surface area contributed by atoms with Crippen molar-refractivity contribution >= 4 is 27.4 Å². The van der Waals surface area contributed by atoms with Crippen LogP contribution in [-0.2, 0) is 13.0 Å². The topological polar surface area (TPSA) is 92.6 Å². The second-order valence-electron chi connectivity index (χ2n) is 9.85. The summed E-state index contributed by atoms with van der Waals surface area (Å²) >= 11 is 1.02. The van der Waals surface area contributed by atoms with Gasteiger partial charge in [0.2, 0.25) is 0 Å². The van der Waals surface area contributed by atoms with E-state index >= 15 is 0 Å². The molecule has 4 aromatic rings. The molecule has 3 atom stereocenters. The maximum Gasteiger partial charge on any atom is 0.393 e.